The first-order valence-electron chi connectivity index (χ1n) is 4.50. The second-order valence-corrected chi connectivity index (χ2v) is 5.22. The van der Waals surface area contributed by atoms with Crippen molar-refractivity contribution in [2.45, 2.75) is 24.0 Å². The maximum Gasteiger partial charge on any atom is 0.320 e. The molecular weight excluding hydrogens is 236 g/mol. The van der Waals surface area contributed by atoms with Gasteiger partial charge in [0.1, 0.15) is 12.4 Å². The Hall–Kier alpha value is -1.48. The summed E-state index contributed by atoms with van der Waals surface area (Å²) in [6, 6.07) is -1.04. The van der Waals surface area contributed by atoms with E-state index in [1.54, 1.807) is 0 Å². The van der Waals surface area contributed by atoms with Crippen LogP contribution < -0.4 is 5.73 Å². The normalized spacial score (nSPS) is 13.6. The molecule has 8 nitrogen and oxygen atoms in total. The van der Waals surface area contributed by atoms with Gasteiger partial charge < -0.3 is 10.8 Å². The molecule has 0 radical (unpaired) electrons. The summed E-state index contributed by atoms with van der Waals surface area (Å²) in [5.41, 5.74) is 5.23. The molecule has 0 aliphatic carbocycles. The molecule has 1 heterocycles. The van der Waals surface area contributed by atoms with Crippen LogP contribution >= 0.6 is 0 Å². The summed E-state index contributed by atoms with van der Waals surface area (Å²) in [5.74, 6) is -1.35. The van der Waals surface area contributed by atoms with Gasteiger partial charge in [-0.1, -0.05) is 0 Å². The van der Waals surface area contributed by atoms with Crippen LogP contribution in [0, 0.1) is 0 Å². The Bertz CT molecular complexity index is 441. The van der Waals surface area contributed by atoms with E-state index in [1.807, 2.05) is 0 Å². The molecule has 0 aromatic carbocycles. The number of aromatic amines is 1. The third-order valence-electron chi connectivity index (χ3n) is 1.93. The van der Waals surface area contributed by atoms with Crippen molar-refractivity contribution in [1.29, 1.82) is 0 Å². The molecule has 90 valence electrons. The maximum absolute atomic E-state index is 11.5. The van der Waals surface area contributed by atoms with Gasteiger partial charge in [0.15, 0.2) is 0 Å². The zero-order chi connectivity index (χ0) is 12.2. The number of carboxylic acid groups (broad SMARTS) is 1. The molecule has 1 aromatic heterocycles. The maximum atomic E-state index is 11.5. The lowest BCUT2D eigenvalue weighted by Gasteiger charge is -2.05. The van der Waals surface area contributed by atoms with Crippen LogP contribution in [0.1, 0.15) is 12.8 Å². The minimum Gasteiger partial charge on any atom is -0.480 e. The molecule has 0 saturated carbocycles. The Balaban J connectivity index is 2.47. The van der Waals surface area contributed by atoms with Gasteiger partial charge in [0.25, 0.3) is 0 Å². The molecule has 1 aromatic rings. The highest BCUT2D eigenvalue weighted by Gasteiger charge is 2.19. The van der Waals surface area contributed by atoms with Crippen LogP contribution in [-0.4, -0.2) is 46.5 Å². The van der Waals surface area contributed by atoms with Crippen molar-refractivity contribution in [3.05, 3.63) is 6.33 Å². The van der Waals surface area contributed by atoms with E-state index >= 15 is 0 Å². The third kappa shape index (κ3) is 3.28. The quantitative estimate of drug-likeness (QED) is 0.572. The van der Waals surface area contributed by atoms with Crippen LogP contribution in [0.2, 0.25) is 0 Å². The summed E-state index contributed by atoms with van der Waals surface area (Å²) in [6.07, 6.45) is 1.36. The van der Waals surface area contributed by atoms with E-state index in [2.05, 4.69) is 15.2 Å². The van der Waals surface area contributed by atoms with E-state index in [9.17, 15) is 13.2 Å². The fraction of sp³-hybridized carbons (Fsp3) is 0.571. The van der Waals surface area contributed by atoms with Gasteiger partial charge in [0.05, 0.1) is 5.75 Å². The largest absolute Gasteiger partial charge is 0.480 e. The number of nitrogens with two attached hydrogens (primary N) is 1. The average molecular weight is 248 g/mol. The van der Waals surface area contributed by atoms with Gasteiger partial charge >= 0.3 is 5.97 Å². The number of aromatic nitrogens is 3. The Morgan fingerprint density at radius 2 is 2.31 bits per heavy atom. The first-order valence-corrected chi connectivity index (χ1v) is 6.15. The van der Waals surface area contributed by atoms with Crippen LogP contribution in [0.15, 0.2) is 11.5 Å². The highest BCUT2D eigenvalue weighted by molar-refractivity contribution is 7.91. The third-order valence-corrected chi connectivity index (χ3v) is 3.54. The summed E-state index contributed by atoms with van der Waals surface area (Å²) in [6.45, 7) is 0. The molecule has 0 aliphatic heterocycles. The zero-order valence-corrected chi connectivity index (χ0v) is 9.14. The average Bonchev–Trinajstić information content (AvgIpc) is 2.70. The lowest BCUT2D eigenvalue weighted by atomic mass is 10.2. The molecule has 16 heavy (non-hydrogen) atoms. The molecule has 0 unspecified atom stereocenters. The van der Waals surface area contributed by atoms with Crippen molar-refractivity contribution in [3.63, 3.8) is 0 Å². The summed E-state index contributed by atoms with van der Waals surface area (Å²) in [4.78, 5) is 13.9. The molecule has 0 amide bonds. The zero-order valence-electron chi connectivity index (χ0n) is 8.33. The summed E-state index contributed by atoms with van der Waals surface area (Å²) in [7, 11) is -3.52. The van der Waals surface area contributed by atoms with Crippen molar-refractivity contribution in [3.8, 4) is 0 Å². The minimum atomic E-state index is -3.52. The van der Waals surface area contributed by atoms with Gasteiger partial charge in [-0.05, 0) is 12.8 Å². The van der Waals surface area contributed by atoms with Crippen LogP contribution in [0.4, 0.5) is 0 Å². The lowest BCUT2D eigenvalue weighted by Crippen LogP contribution is -2.30. The van der Waals surface area contributed by atoms with Crippen molar-refractivity contribution >= 4 is 15.8 Å². The number of carboxylic acids is 1. The number of sulfone groups is 1. The van der Waals surface area contributed by atoms with Gasteiger partial charge in [-0.25, -0.2) is 13.4 Å². The molecule has 0 aliphatic rings. The SMILES string of the molecule is N[C@@H](CCCS(=O)(=O)c1ncn[nH]1)C(=O)O. The molecular formula is C7H12N4O4S. The van der Waals surface area contributed by atoms with Crippen LogP contribution in [0.25, 0.3) is 0 Å². The molecule has 0 bridgehead atoms. The van der Waals surface area contributed by atoms with E-state index in [-0.39, 0.29) is 23.8 Å². The van der Waals surface area contributed by atoms with E-state index in [0.29, 0.717) is 0 Å². The lowest BCUT2D eigenvalue weighted by molar-refractivity contribution is -0.138. The predicted octanol–water partition coefficient (Wildman–Crippen LogP) is -1.23. The van der Waals surface area contributed by atoms with Gasteiger partial charge in [-0.3, -0.25) is 9.89 Å². The van der Waals surface area contributed by atoms with Crippen LogP contribution in [-0.2, 0) is 14.6 Å². The number of rotatable bonds is 6. The van der Waals surface area contributed by atoms with Gasteiger partial charge in [-0.15, -0.1) is 0 Å². The number of aliphatic carboxylic acids is 1. The van der Waals surface area contributed by atoms with Crippen LogP contribution in [0.5, 0.6) is 0 Å². The molecule has 1 atom stereocenters. The Labute approximate surface area is 91.8 Å². The molecule has 1 rings (SSSR count). The fourth-order valence-electron chi connectivity index (χ4n) is 1.06. The van der Waals surface area contributed by atoms with E-state index < -0.39 is 21.8 Å². The smallest absolute Gasteiger partial charge is 0.320 e. The molecule has 9 heteroatoms. The number of nitrogens with one attached hydrogen (secondary N) is 1. The van der Waals surface area contributed by atoms with E-state index in [0.717, 1.165) is 6.33 Å². The number of nitrogens with zero attached hydrogens (tertiary/aromatic N) is 2. The highest BCUT2D eigenvalue weighted by atomic mass is 32.2. The second kappa shape index (κ2) is 5.03. The van der Waals surface area contributed by atoms with E-state index in [4.69, 9.17) is 10.8 Å². The van der Waals surface area contributed by atoms with Crippen molar-refractivity contribution in [2.24, 2.45) is 5.73 Å². The number of hydrogen-bond acceptors (Lipinski definition) is 6. The Morgan fingerprint density at radius 1 is 1.62 bits per heavy atom. The van der Waals surface area contributed by atoms with Crippen molar-refractivity contribution < 1.29 is 18.3 Å². The predicted molar refractivity (Wildman–Crippen MR) is 53.3 cm³/mol. The number of hydrogen-bond donors (Lipinski definition) is 3. The van der Waals surface area contributed by atoms with Crippen molar-refractivity contribution in [2.75, 3.05) is 5.75 Å². The topological polar surface area (TPSA) is 139 Å². The van der Waals surface area contributed by atoms with Gasteiger partial charge in [0.2, 0.25) is 15.0 Å². The fourth-order valence-corrected chi connectivity index (χ4v) is 2.20. The monoisotopic (exact) mass is 248 g/mol. The number of carbonyl (C=O) groups is 1. The number of H-pyrrole nitrogens is 1. The Kier molecular flexibility index (Phi) is 3.96. The van der Waals surface area contributed by atoms with Crippen LogP contribution in [0.3, 0.4) is 0 Å². The first kappa shape index (κ1) is 12.6. The summed E-state index contributed by atoms with van der Waals surface area (Å²) in [5, 5.41) is 13.9. The first-order chi connectivity index (χ1) is 7.43. The molecule has 0 fully saturated rings. The minimum absolute atomic E-state index is 0.0999. The van der Waals surface area contributed by atoms with Gasteiger partial charge in [-0.2, -0.15) is 5.10 Å². The standard InChI is InChI=1S/C7H12N4O4S/c8-5(6(12)13)2-1-3-16(14,15)7-9-4-10-11-7/h4-5H,1-3,8H2,(H,12,13)(H,9,10,11)/t5-/m0/s1. The molecule has 0 saturated heterocycles. The summed E-state index contributed by atoms with van der Waals surface area (Å²) < 4.78 is 23.0. The van der Waals surface area contributed by atoms with Crippen molar-refractivity contribution in [1.82, 2.24) is 15.2 Å². The second-order valence-electron chi connectivity index (χ2n) is 3.20. The van der Waals surface area contributed by atoms with E-state index in [1.165, 1.54) is 0 Å². The molecule has 4 N–H and O–H groups in total. The molecule has 0 spiro atoms. The highest BCUT2D eigenvalue weighted by Crippen LogP contribution is 2.06. The summed E-state index contributed by atoms with van der Waals surface area (Å²) >= 11 is 0. The Morgan fingerprint density at radius 3 is 2.81 bits per heavy atom. The van der Waals surface area contributed by atoms with Gasteiger partial charge in [0, 0.05) is 0 Å².